The van der Waals surface area contributed by atoms with Crippen molar-refractivity contribution in [1.82, 2.24) is 0 Å². The van der Waals surface area contributed by atoms with Crippen LogP contribution in [0, 0.1) is 0 Å². The second kappa shape index (κ2) is 8.85. The molecule has 0 saturated carbocycles. The van der Waals surface area contributed by atoms with Gasteiger partial charge < -0.3 is 5.32 Å². The lowest BCUT2D eigenvalue weighted by atomic mass is 10.1. The summed E-state index contributed by atoms with van der Waals surface area (Å²) in [7, 11) is -3.28. The first-order valence-corrected chi connectivity index (χ1v) is 11.0. The summed E-state index contributed by atoms with van der Waals surface area (Å²) in [6.45, 7) is 2.08. The maximum absolute atomic E-state index is 12.4. The number of rotatable bonds is 7. The molecule has 0 atom stereocenters. The van der Waals surface area contributed by atoms with E-state index in [4.69, 9.17) is 0 Å². The Hall–Kier alpha value is -2.92. The summed E-state index contributed by atoms with van der Waals surface area (Å²) in [6.07, 6.45) is 0.947. The van der Waals surface area contributed by atoms with Gasteiger partial charge in [0.1, 0.15) is 0 Å². The molecule has 1 N–H and O–H groups in total. The van der Waals surface area contributed by atoms with Gasteiger partial charge >= 0.3 is 0 Å². The molecule has 144 valence electrons. The zero-order chi connectivity index (χ0) is 20.0. The highest BCUT2D eigenvalue weighted by molar-refractivity contribution is 7.89. The van der Waals surface area contributed by atoms with Crippen molar-refractivity contribution in [2.24, 2.45) is 0 Å². The molecule has 28 heavy (non-hydrogen) atoms. The Kier molecular flexibility index (Phi) is 6.26. The minimum absolute atomic E-state index is 0.00380. The van der Waals surface area contributed by atoms with E-state index in [1.165, 1.54) is 5.56 Å². The van der Waals surface area contributed by atoms with E-state index in [0.29, 0.717) is 11.1 Å². The molecule has 0 aliphatic heterocycles. The summed E-state index contributed by atoms with van der Waals surface area (Å²) < 4.78 is 24.8. The molecule has 0 saturated heterocycles. The van der Waals surface area contributed by atoms with Crippen molar-refractivity contribution in [3.8, 4) is 0 Å². The molecule has 0 heterocycles. The van der Waals surface area contributed by atoms with E-state index in [0.717, 1.165) is 17.7 Å². The lowest BCUT2D eigenvalue weighted by molar-refractivity contribution is 0.102. The van der Waals surface area contributed by atoms with Crippen LogP contribution in [-0.4, -0.2) is 14.3 Å². The van der Waals surface area contributed by atoms with E-state index in [9.17, 15) is 13.2 Å². The Morgan fingerprint density at radius 1 is 0.750 bits per heavy atom. The summed E-state index contributed by atoms with van der Waals surface area (Å²) in [5, 5.41) is 2.85. The van der Waals surface area contributed by atoms with Gasteiger partial charge in [0.25, 0.3) is 5.91 Å². The number of benzene rings is 3. The molecular weight excluding hydrogens is 370 g/mol. The smallest absolute Gasteiger partial charge is 0.255 e. The number of hydrogen-bond donors (Lipinski definition) is 1. The van der Waals surface area contributed by atoms with Crippen molar-refractivity contribution in [2.45, 2.75) is 24.9 Å². The van der Waals surface area contributed by atoms with E-state index in [2.05, 4.69) is 12.2 Å². The van der Waals surface area contributed by atoms with Crippen LogP contribution in [0.3, 0.4) is 0 Å². The van der Waals surface area contributed by atoms with Crippen molar-refractivity contribution in [2.75, 3.05) is 5.32 Å². The summed E-state index contributed by atoms with van der Waals surface area (Å²) in [4.78, 5) is 12.4. The molecule has 5 heteroatoms. The molecule has 1 amide bonds. The third-order valence-corrected chi connectivity index (χ3v) is 6.00. The summed E-state index contributed by atoms with van der Waals surface area (Å²) in [5.74, 6) is -0.269. The van der Waals surface area contributed by atoms with Crippen LogP contribution in [0.4, 0.5) is 5.69 Å². The molecule has 0 fully saturated rings. The Morgan fingerprint density at radius 3 is 1.86 bits per heavy atom. The SMILES string of the molecule is CCc1ccc(NC(=O)c2ccc(CS(=O)(=O)Cc3ccccc3)cc2)cc1. The van der Waals surface area contributed by atoms with E-state index < -0.39 is 9.84 Å². The summed E-state index contributed by atoms with van der Waals surface area (Å²) in [5.41, 5.74) is 3.87. The van der Waals surface area contributed by atoms with Gasteiger partial charge in [-0.15, -0.1) is 0 Å². The van der Waals surface area contributed by atoms with Crippen LogP contribution in [0.1, 0.15) is 34.0 Å². The van der Waals surface area contributed by atoms with Gasteiger partial charge in [-0.05, 0) is 47.4 Å². The maximum atomic E-state index is 12.4. The molecule has 0 spiro atoms. The monoisotopic (exact) mass is 393 g/mol. The van der Waals surface area contributed by atoms with Crippen LogP contribution in [0.5, 0.6) is 0 Å². The number of carbonyl (C=O) groups excluding carboxylic acids is 1. The van der Waals surface area contributed by atoms with E-state index in [-0.39, 0.29) is 17.4 Å². The average molecular weight is 394 g/mol. The van der Waals surface area contributed by atoms with Gasteiger partial charge in [0.15, 0.2) is 9.84 Å². The number of nitrogens with one attached hydrogen (secondary N) is 1. The summed E-state index contributed by atoms with van der Waals surface area (Å²) in [6, 6.07) is 23.5. The van der Waals surface area contributed by atoms with Gasteiger partial charge in [-0.1, -0.05) is 61.5 Å². The Balaban J connectivity index is 1.63. The zero-order valence-electron chi connectivity index (χ0n) is 15.8. The highest BCUT2D eigenvalue weighted by atomic mass is 32.2. The largest absolute Gasteiger partial charge is 0.322 e. The quantitative estimate of drug-likeness (QED) is 0.637. The van der Waals surface area contributed by atoms with E-state index >= 15 is 0 Å². The normalized spacial score (nSPS) is 11.2. The maximum Gasteiger partial charge on any atom is 0.255 e. The van der Waals surface area contributed by atoms with Crippen LogP contribution in [0.15, 0.2) is 78.9 Å². The number of carbonyl (C=O) groups is 1. The van der Waals surface area contributed by atoms with Crippen LogP contribution >= 0.6 is 0 Å². The fourth-order valence-electron chi connectivity index (χ4n) is 2.91. The van der Waals surface area contributed by atoms with Gasteiger partial charge in [0.05, 0.1) is 11.5 Å². The molecule has 4 nitrogen and oxygen atoms in total. The lowest BCUT2D eigenvalue weighted by Gasteiger charge is -2.08. The van der Waals surface area contributed by atoms with Crippen molar-refractivity contribution < 1.29 is 13.2 Å². The average Bonchev–Trinajstić information content (AvgIpc) is 2.69. The van der Waals surface area contributed by atoms with Crippen LogP contribution < -0.4 is 5.32 Å². The second-order valence-electron chi connectivity index (χ2n) is 6.72. The van der Waals surface area contributed by atoms with Crippen molar-refractivity contribution in [1.29, 1.82) is 0 Å². The number of hydrogen-bond acceptors (Lipinski definition) is 3. The lowest BCUT2D eigenvalue weighted by Crippen LogP contribution is -2.12. The number of anilines is 1. The first-order chi connectivity index (χ1) is 13.4. The Labute approximate surface area is 166 Å². The Bertz CT molecular complexity index is 1030. The molecule has 0 aliphatic rings. The standard InChI is InChI=1S/C23H23NO3S/c1-2-18-10-14-22(15-11-18)24-23(25)21-12-8-20(9-13-21)17-28(26,27)16-19-6-4-3-5-7-19/h3-15H,2,16-17H2,1H3,(H,24,25). The molecule has 0 radical (unpaired) electrons. The summed E-state index contributed by atoms with van der Waals surface area (Å²) >= 11 is 0. The Morgan fingerprint density at radius 2 is 1.29 bits per heavy atom. The topological polar surface area (TPSA) is 63.2 Å². The number of sulfone groups is 1. The second-order valence-corrected chi connectivity index (χ2v) is 8.78. The molecule has 3 aromatic rings. The zero-order valence-corrected chi connectivity index (χ0v) is 16.6. The number of aryl methyl sites for hydroxylation is 1. The fraction of sp³-hybridized carbons (Fsp3) is 0.174. The molecule has 0 aliphatic carbocycles. The van der Waals surface area contributed by atoms with Gasteiger partial charge in [-0.25, -0.2) is 8.42 Å². The van der Waals surface area contributed by atoms with Gasteiger partial charge in [0.2, 0.25) is 0 Å². The molecular formula is C23H23NO3S. The highest BCUT2D eigenvalue weighted by Gasteiger charge is 2.14. The third kappa shape index (κ3) is 5.54. The van der Waals surface area contributed by atoms with Crippen molar-refractivity contribution in [3.63, 3.8) is 0 Å². The van der Waals surface area contributed by atoms with Crippen LogP contribution in [0.25, 0.3) is 0 Å². The molecule has 0 aromatic heterocycles. The minimum atomic E-state index is -3.28. The van der Waals surface area contributed by atoms with E-state index in [1.54, 1.807) is 36.4 Å². The highest BCUT2D eigenvalue weighted by Crippen LogP contribution is 2.15. The predicted octanol–water partition coefficient (Wildman–Crippen LogP) is 4.62. The molecule has 3 rings (SSSR count). The molecule has 0 bridgehead atoms. The van der Waals surface area contributed by atoms with Crippen molar-refractivity contribution >= 4 is 21.4 Å². The van der Waals surface area contributed by atoms with Gasteiger partial charge in [0, 0.05) is 11.3 Å². The van der Waals surface area contributed by atoms with E-state index in [1.807, 2.05) is 42.5 Å². The van der Waals surface area contributed by atoms with Crippen LogP contribution in [0.2, 0.25) is 0 Å². The number of amides is 1. The molecule has 3 aromatic carbocycles. The third-order valence-electron chi connectivity index (χ3n) is 4.45. The fourth-order valence-corrected chi connectivity index (χ4v) is 4.42. The van der Waals surface area contributed by atoms with Crippen LogP contribution in [-0.2, 0) is 27.8 Å². The minimum Gasteiger partial charge on any atom is -0.322 e. The molecule has 0 unspecified atom stereocenters. The first kappa shape index (κ1) is 19.8. The predicted molar refractivity (Wildman–Crippen MR) is 113 cm³/mol. The van der Waals surface area contributed by atoms with Gasteiger partial charge in [-0.2, -0.15) is 0 Å². The van der Waals surface area contributed by atoms with Crippen molar-refractivity contribution in [3.05, 3.63) is 101 Å². The van der Waals surface area contributed by atoms with Gasteiger partial charge in [-0.3, -0.25) is 4.79 Å². The first-order valence-electron chi connectivity index (χ1n) is 9.19.